The van der Waals surface area contributed by atoms with E-state index < -0.39 is 0 Å². The van der Waals surface area contributed by atoms with E-state index in [0.717, 1.165) is 48.3 Å². The SMILES string of the molecule is C#Cc1c[nH]c2ncnc(N3CC[C@H]4CCN(C(=O)C=C)C[C@@H]43)c12. The summed E-state index contributed by atoms with van der Waals surface area (Å²) >= 11 is 0. The molecular weight excluding hydrogens is 302 g/mol. The van der Waals surface area contributed by atoms with Crippen molar-refractivity contribution in [2.45, 2.75) is 18.9 Å². The molecule has 6 nitrogen and oxygen atoms in total. The van der Waals surface area contributed by atoms with E-state index in [-0.39, 0.29) is 11.9 Å². The van der Waals surface area contributed by atoms with Crippen molar-refractivity contribution in [1.82, 2.24) is 19.9 Å². The van der Waals surface area contributed by atoms with Crippen LogP contribution in [0.25, 0.3) is 11.0 Å². The summed E-state index contributed by atoms with van der Waals surface area (Å²) in [6.45, 7) is 6.04. The molecule has 0 saturated carbocycles. The number of hydrogen-bond donors (Lipinski definition) is 1. The first kappa shape index (κ1) is 14.8. The van der Waals surface area contributed by atoms with Crippen LogP contribution >= 0.6 is 0 Å². The van der Waals surface area contributed by atoms with Crippen molar-refractivity contribution in [1.29, 1.82) is 0 Å². The number of likely N-dealkylation sites (tertiary alicyclic amines) is 1. The summed E-state index contributed by atoms with van der Waals surface area (Å²) in [5.41, 5.74) is 1.53. The quantitative estimate of drug-likeness (QED) is 0.673. The van der Waals surface area contributed by atoms with Gasteiger partial charge < -0.3 is 14.8 Å². The van der Waals surface area contributed by atoms with Gasteiger partial charge in [0.25, 0.3) is 0 Å². The molecule has 4 rings (SSSR count). The van der Waals surface area contributed by atoms with Crippen LogP contribution in [0.5, 0.6) is 0 Å². The number of nitrogens with one attached hydrogen (secondary N) is 1. The van der Waals surface area contributed by atoms with Crippen LogP contribution in [-0.4, -0.2) is 51.4 Å². The maximum absolute atomic E-state index is 12.0. The number of piperidine rings is 1. The zero-order valence-corrected chi connectivity index (χ0v) is 13.4. The van der Waals surface area contributed by atoms with Gasteiger partial charge in [0.1, 0.15) is 17.8 Å². The first-order valence-corrected chi connectivity index (χ1v) is 8.19. The predicted octanol–water partition coefficient (Wildman–Crippen LogP) is 1.55. The Labute approximate surface area is 140 Å². The molecule has 24 heavy (non-hydrogen) atoms. The van der Waals surface area contributed by atoms with Crippen molar-refractivity contribution in [2.24, 2.45) is 5.92 Å². The van der Waals surface area contributed by atoms with Gasteiger partial charge in [0.05, 0.1) is 17.0 Å². The molecule has 1 amide bonds. The summed E-state index contributed by atoms with van der Waals surface area (Å²) in [5.74, 6) is 4.16. The van der Waals surface area contributed by atoms with Gasteiger partial charge in [-0.25, -0.2) is 9.97 Å². The van der Waals surface area contributed by atoms with Gasteiger partial charge in [-0.1, -0.05) is 12.5 Å². The Balaban J connectivity index is 1.72. The number of carbonyl (C=O) groups is 1. The van der Waals surface area contributed by atoms with E-state index >= 15 is 0 Å². The average Bonchev–Trinajstić information content (AvgIpc) is 3.24. The van der Waals surface area contributed by atoms with E-state index in [1.807, 2.05) is 4.90 Å². The zero-order valence-electron chi connectivity index (χ0n) is 13.4. The molecule has 6 heteroatoms. The van der Waals surface area contributed by atoms with Crippen molar-refractivity contribution >= 4 is 22.8 Å². The molecule has 1 N–H and O–H groups in total. The number of rotatable bonds is 2. The smallest absolute Gasteiger partial charge is 0.246 e. The molecule has 2 aliphatic rings. The van der Waals surface area contributed by atoms with E-state index in [4.69, 9.17) is 6.42 Å². The number of terminal acetylenes is 1. The lowest BCUT2D eigenvalue weighted by atomic mass is 9.92. The molecular formula is C18H19N5O. The minimum Gasteiger partial charge on any atom is -0.351 e. The Morgan fingerprint density at radius 1 is 1.42 bits per heavy atom. The lowest BCUT2D eigenvalue weighted by Crippen LogP contribution is -2.50. The van der Waals surface area contributed by atoms with E-state index in [9.17, 15) is 4.79 Å². The van der Waals surface area contributed by atoms with Crippen LogP contribution in [-0.2, 0) is 4.79 Å². The lowest BCUT2D eigenvalue weighted by Gasteiger charge is -2.38. The molecule has 2 aromatic rings. The van der Waals surface area contributed by atoms with Crippen LogP contribution in [0, 0.1) is 18.3 Å². The minimum absolute atomic E-state index is 0.000840. The molecule has 0 aromatic carbocycles. The monoisotopic (exact) mass is 321 g/mol. The van der Waals surface area contributed by atoms with Gasteiger partial charge in [0, 0.05) is 25.8 Å². The fraction of sp³-hybridized carbons (Fsp3) is 0.389. The molecule has 122 valence electrons. The highest BCUT2D eigenvalue weighted by Gasteiger charge is 2.40. The molecule has 0 aliphatic carbocycles. The van der Waals surface area contributed by atoms with Gasteiger partial charge in [0.2, 0.25) is 5.91 Å². The van der Waals surface area contributed by atoms with Crippen LogP contribution in [0.15, 0.2) is 25.2 Å². The lowest BCUT2D eigenvalue weighted by molar-refractivity contribution is -0.127. The molecule has 0 spiro atoms. The summed E-state index contributed by atoms with van der Waals surface area (Å²) in [5, 5.41) is 0.896. The third-order valence-corrected chi connectivity index (χ3v) is 5.23. The Bertz CT molecular complexity index is 849. The Hall–Kier alpha value is -2.81. The van der Waals surface area contributed by atoms with Crippen molar-refractivity contribution in [2.75, 3.05) is 24.5 Å². The molecule has 2 atom stereocenters. The Kier molecular flexibility index (Phi) is 3.49. The largest absolute Gasteiger partial charge is 0.351 e. The van der Waals surface area contributed by atoms with Gasteiger partial charge in [-0.3, -0.25) is 4.79 Å². The van der Waals surface area contributed by atoms with Gasteiger partial charge in [-0.2, -0.15) is 0 Å². The molecule has 2 aromatic heterocycles. The summed E-state index contributed by atoms with van der Waals surface area (Å²) < 4.78 is 0. The number of aromatic nitrogens is 3. The van der Waals surface area contributed by atoms with Crippen LogP contribution < -0.4 is 4.90 Å². The van der Waals surface area contributed by atoms with Crippen LogP contribution in [0.3, 0.4) is 0 Å². The molecule has 0 radical (unpaired) electrons. The maximum atomic E-state index is 12.0. The second kappa shape index (κ2) is 5.68. The highest BCUT2D eigenvalue weighted by molar-refractivity contribution is 5.93. The summed E-state index contributed by atoms with van der Waals surface area (Å²) in [6.07, 6.45) is 12.5. The third-order valence-electron chi connectivity index (χ3n) is 5.23. The van der Waals surface area contributed by atoms with Crippen LogP contribution in [0.2, 0.25) is 0 Å². The van der Waals surface area contributed by atoms with E-state index in [0.29, 0.717) is 12.5 Å². The number of fused-ring (bicyclic) bond motifs is 2. The number of carbonyl (C=O) groups excluding carboxylic acids is 1. The van der Waals surface area contributed by atoms with Crippen LogP contribution in [0.1, 0.15) is 18.4 Å². The zero-order chi connectivity index (χ0) is 16.7. The maximum Gasteiger partial charge on any atom is 0.246 e. The fourth-order valence-electron chi connectivity index (χ4n) is 4.01. The second-order valence-corrected chi connectivity index (χ2v) is 6.35. The van der Waals surface area contributed by atoms with Gasteiger partial charge in [-0.15, -0.1) is 6.42 Å². The number of aromatic amines is 1. The second-order valence-electron chi connectivity index (χ2n) is 6.35. The highest BCUT2D eigenvalue weighted by Crippen LogP contribution is 2.37. The fourth-order valence-corrected chi connectivity index (χ4v) is 4.01. The number of H-pyrrole nitrogens is 1. The summed E-state index contributed by atoms with van der Waals surface area (Å²) in [4.78, 5) is 28.1. The summed E-state index contributed by atoms with van der Waals surface area (Å²) in [7, 11) is 0. The standard InChI is InChI=1S/C18H19N5O/c1-3-12-9-19-17-16(12)18(21-11-20-17)23-8-6-13-5-7-22(10-14(13)23)15(24)4-2/h1,4,9,11,13-14H,2,5-8,10H2,(H,19,20,21)/t13-,14+/m1/s1. The molecule has 2 saturated heterocycles. The topological polar surface area (TPSA) is 65.1 Å². The van der Waals surface area contributed by atoms with Gasteiger partial charge in [0.15, 0.2) is 0 Å². The van der Waals surface area contributed by atoms with Gasteiger partial charge >= 0.3 is 0 Å². The first-order valence-electron chi connectivity index (χ1n) is 8.19. The molecule has 2 fully saturated rings. The van der Waals surface area contributed by atoms with Crippen molar-refractivity contribution in [3.05, 3.63) is 30.7 Å². The average molecular weight is 321 g/mol. The molecule has 0 bridgehead atoms. The van der Waals surface area contributed by atoms with Crippen molar-refractivity contribution in [3.63, 3.8) is 0 Å². The Morgan fingerprint density at radius 2 is 2.25 bits per heavy atom. The third kappa shape index (κ3) is 2.16. The van der Waals surface area contributed by atoms with Crippen molar-refractivity contribution in [3.8, 4) is 12.3 Å². The number of nitrogens with zero attached hydrogens (tertiary/aromatic N) is 4. The van der Waals surface area contributed by atoms with Crippen LogP contribution in [0.4, 0.5) is 5.82 Å². The minimum atomic E-state index is -0.000840. The Morgan fingerprint density at radius 3 is 3.04 bits per heavy atom. The van der Waals surface area contributed by atoms with E-state index in [1.54, 1.807) is 12.5 Å². The van der Waals surface area contributed by atoms with Crippen molar-refractivity contribution < 1.29 is 4.79 Å². The molecule has 4 heterocycles. The number of amides is 1. The summed E-state index contributed by atoms with van der Waals surface area (Å²) in [6, 6.07) is 0.265. The predicted molar refractivity (Wildman–Crippen MR) is 92.5 cm³/mol. The van der Waals surface area contributed by atoms with E-state index in [1.165, 1.54) is 6.08 Å². The number of hydrogen-bond acceptors (Lipinski definition) is 4. The first-order chi connectivity index (χ1) is 11.7. The number of anilines is 1. The molecule has 0 unspecified atom stereocenters. The molecule has 2 aliphatic heterocycles. The highest BCUT2D eigenvalue weighted by atomic mass is 16.2. The van der Waals surface area contributed by atoms with E-state index in [2.05, 4.69) is 32.4 Å². The van der Waals surface area contributed by atoms with Gasteiger partial charge in [-0.05, 0) is 24.8 Å². The normalized spacial score (nSPS) is 23.1.